The number of esters is 1. The summed E-state index contributed by atoms with van der Waals surface area (Å²) in [6, 6.07) is -0.167. The van der Waals surface area contributed by atoms with Gasteiger partial charge in [-0.25, -0.2) is 0 Å². The van der Waals surface area contributed by atoms with Gasteiger partial charge in [0.15, 0.2) is 0 Å². The van der Waals surface area contributed by atoms with Crippen molar-refractivity contribution in [3.63, 3.8) is 0 Å². The fourth-order valence-electron chi connectivity index (χ4n) is 0.572. The van der Waals surface area contributed by atoms with Crippen molar-refractivity contribution in [3.8, 4) is 0 Å². The number of nitrogens with two attached hydrogens (primary N) is 1. The van der Waals surface area contributed by atoms with Gasteiger partial charge in [0, 0.05) is 13.2 Å². The van der Waals surface area contributed by atoms with Gasteiger partial charge in [-0.05, 0) is 6.92 Å². The summed E-state index contributed by atoms with van der Waals surface area (Å²) in [4.78, 5) is 11.1. The number of rotatable bonds is 5. The van der Waals surface area contributed by atoms with Gasteiger partial charge in [-0.15, -0.1) is 0 Å². The fraction of sp³-hybridized carbons (Fsp3) is 0.875. The van der Waals surface area contributed by atoms with Crippen LogP contribution in [0.15, 0.2) is 0 Å². The third-order valence-electron chi connectivity index (χ3n) is 1.69. The monoisotopic (exact) mass is 175 g/mol. The second-order valence-electron chi connectivity index (χ2n) is 2.81. The van der Waals surface area contributed by atoms with Crippen LogP contribution in [-0.4, -0.2) is 32.3 Å². The Labute approximate surface area is 73.0 Å². The number of carbonyl (C=O) groups excluding carboxylic acids is 1. The molecule has 0 aromatic heterocycles. The maximum atomic E-state index is 11.1. The summed E-state index contributed by atoms with van der Waals surface area (Å²) in [7, 11) is 1.56. The molecular formula is C8H17NO3. The van der Waals surface area contributed by atoms with Gasteiger partial charge in [0.2, 0.25) is 0 Å². The Kier molecular flexibility index (Phi) is 5.66. The van der Waals surface area contributed by atoms with Crippen molar-refractivity contribution in [3.05, 3.63) is 0 Å². The molecule has 0 fully saturated rings. The molecule has 2 N–H and O–H groups in total. The third-order valence-corrected chi connectivity index (χ3v) is 1.69. The lowest BCUT2D eigenvalue weighted by molar-refractivity contribution is -0.149. The molecule has 0 bridgehead atoms. The maximum Gasteiger partial charge on any atom is 0.310 e. The predicted molar refractivity (Wildman–Crippen MR) is 45.6 cm³/mol. The van der Waals surface area contributed by atoms with Crippen LogP contribution in [0.5, 0.6) is 0 Å². The number of hydrogen-bond acceptors (Lipinski definition) is 4. The van der Waals surface area contributed by atoms with Gasteiger partial charge in [0.1, 0.15) is 6.61 Å². The van der Waals surface area contributed by atoms with Crippen molar-refractivity contribution >= 4 is 5.97 Å². The van der Waals surface area contributed by atoms with Crippen LogP contribution in [0.1, 0.15) is 13.8 Å². The second kappa shape index (κ2) is 5.97. The van der Waals surface area contributed by atoms with Gasteiger partial charge in [-0.1, -0.05) is 6.92 Å². The second-order valence-corrected chi connectivity index (χ2v) is 2.81. The molecule has 0 amide bonds. The van der Waals surface area contributed by atoms with E-state index in [-0.39, 0.29) is 17.9 Å². The van der Waals surface area contributed by atoms with Gasteiger partial charge in [0.25, 0.3) is 0 Å². The molecule has 4 nitrogen and oxygen atoms in total. The molecule has 0 rings (SSSR count). The van der Waals surface area contributed by atoms with Crippen LogP contribution >= 0.6 is 0 Å². The van der Waals surface area contributed by atoms with E-state index in [2.05, 4.69) is 0 Å². The average Bonchev–Trinajstić information content (AvgIpc) is 2.03. The molecule has 0 aliphatic heterocycles. The Hall–Kier alpha value is -0.610. The van der Waals surface area contributed by atoms with Crippen LogP contribution in [0, 0.1) is 5.92 Å². The molecule has 2 atom stereocenters. The number of hydrogen-bond donors (Lipinski definition) is 1. The molecule has 0 aliphatic carbocycles. The summed E-state index contributed by atoms with van der Waals surface area (Å²) in [6.45, 7) is 4.26. The van der Waals surface area contributed by atoms with Crippen LogP contribution in [0.3, 0.4) is 0 Å². The molecule has 0 saturated heterocycles. The Bertz CT molecular complexity index is 136. The van der Waals surface area contributed by atoms with Gasteiger partial charge in [-0.3, -0.25) is 4.79 Å². The summed E-state index contributed by atoms with van der Waals surface area (Å²) >= 11 is 0. The first-order chi connectivity index (χ1) is 5.59. The van der Waals surface area contributed by atoms with E-state index in [9.17, 15) is 4.79 Å². The lowest BCUT2D eigenvalue weighted by atomic mass is 10.1. The van der Waals surface area contributed by atoms with E-state index in [1.165, 1.54) is 0 Å². The number of carbonyl (C=O) groups is 1. The Morgan fingerprint density at radius 3 is 2.42 bits per heavy atom. The van der Waals surface area contributed by atoms with Crippen LogP contribution in [0.4, 0.5) is 0 Å². The minimum absolute atomic E-state index is 0.167. The van der Waals surface area contributed by atoms with Crippen LogP contribution in [0.25, 0.3) is 0 Å². The Morgan fingerprint density at radius 2 is 2.00 bits per heavy atom. The molecule has 12 heavy (non-hydrogen) atoms. The molecule has 2 unspecified atom stereocenters. The summed E-state index contributed by atoms with van der Waals surface area (Å²) in [5.74, 6) is -0.510. The lowest BCUT2D eigenvalue weighted by Gasteiger charge is -2.13. The average molecular weight is 175 g/mol. The highest BCUT2D eigenvalue weighted by Gasteiger charge is 2.17. The molecule has 0 aromatic rings. The summed E-state index contributed by atoms with van der Waals surface area (Å²) in [6.07, 6.45) is 0. The lowest BCUT2D eigenvalue weighted by Crippen LogP contribution is -2.32. The van der Waals surface area contributed by atoms with Gasteiger partial charge >= 0.3 is 5.97 Å². The van der Waals surface area contributed by atoms with E-state index in [4.69, 9.17) is 15.2 Å². The standard InChI is InChI=1S/C8H17NO3/c1-6(7(2)9)8(10)12-5-4-11-3/h6-7H,4-5,9H2,1-3H3. The first-order valence-corrected chi connectivity index (χ1v) is 4.00. The van der Waals surface area contributed by atoms with Crippen molar-refractivity contribution < 1.29 is 14.3 Å². The van der Waals surface area contributed by atoms with Crippen LogP contribution in [0.2, 0.25) is 0 Å². The Morgan fingerprint density at radius 1 is 1.42 bits per heavy atom. The molecule has 0 spiro atoms. The van der Waals surface area contributed by atoms with Gasteiger partial charge in [-0.2, -0.15) is 0 Å². The zero-order valence-electron chi connectivity index (χ0n) is 7.87. The van der Waals surface area contributed by atoms with Crippen LogP contribution < -0.4 is 5.73 Å². The topological polar surface area (TPSA) is 61.5 Å². The smallest absolute Gasteiger partial charge is 0.310 e. The molecule has 0 aromatic carbocycles. The minimum Gasteiger partial charge on any atom is -0.463 e. The van der Waals surface area contributed by atoms with E-state index in [1.807, 2.05) is 0 Å². The summed E-state index contributed by atoms with van der Waals surface area (Å²) in [5.41, 5.74) is 5.51. The number of ether oxygens (including phenoxy) is 2. The highest BCUT2D eigenvalue weighted by Crippen LogP contribution is 2.01. The minimum atomic E-state index is -0.262. The van der Waals surface area contributed by atoms with Crippen molar-refractivity contribution in [2.24, 2.45) is 11.7 Å². The van der Waals surface area contributed by atoms with Crippen molar-refractivity contribution in [1.29, 1.82) is 0 Å². The molecule has 4 heteroatoms. The molecular weight excluding hydrogens is 158 g/mol. The molecule has 72 valence electrons. The highest BCUT2D eigenvalue weighted by atomic mass is 16.6. The van der Waals surface area contributed by atoms with E-state index in [0.717, 1.165) is 0 Å². The molecule has 0 saturated carbocycles. The van der Waals surface area contributed by atoms with E-state index >= 15 is 0 Å². The molecule has 0 aliphatic rings. The zero-order valence-corrected chi connectivity index (χ0v) is 7.87. The third kappa shape index (κ3) is 4.31. The van der Waals surface area contributed by atoms with Crippen molar-refractivity contribution in [2.45, 2.75) is 19.9 Å². The molecule has 0 heterocycles. The van der Waals surface area contributed by atoms with E-state index < -0.39 is 0 Å². The normalized spacial score (nSPS) is 15.3. The molecule has 0 radical (unpaired) electrons. The predicted octanol–water partition coefficient (Wildman–Crippen LogP) is 0.159. The van der Waals surface area contributed by atoms with Crippen molar-refractivity contribution in [1.82, 2.24) is 0 Å². The Balaban J connectivity index is 3.57. The zero-order chi connectivity index (χ0) is 9.56. The first-order valence-electron chi connectivity index (χ1n) is 4.00. The largest absolute Gasteiger partial charge is 0.463 e. The van der Waals surface area contributed by atoms with Crippen molar-refractivity contribution in [2.75, 3.05) is 20.3 Å². The number of methoxy groups -OCH3 is 1. The van der Waals surface area contributed by atoms with E-state index in [1.54, 1.807) is 21.0 Å². The maximum absolute atomic E-state index is 11.1. The van der Waals surface area contributed by atoms with Crippen LogP contribution in [-0.2, 0) is 14.3 Å². The van der Waals surface area contributed by atoms with Gasteiger partial charge in [0.05, 0.1) is 12.5 Å². The fourth-order valence-corrected chi connectivity index (χ4v) is 0.572. The first kappa shape index (κ1) is 11.4. The SMILES string of the molecule is COCCOC(=O)C(C)C(C)N. The van der Waals surface area contributed by atoms with E-state index in [0.29, 0.717) is 13.2 Å². The summed E-state index contributed by atoms with van der Waals surface area (Å²) in [5, 5.41) is 0. The summed E-state index contributed by atoms with van der Waals surface area (Å²) < 4.78 is 9.59. The highest BCUT2D eigenvalue weighted by molar-refractivity contribution is 5.72. The van der Waals surface area contributed by atoms with Gasteiger partial charge < -0.3 is 15.2 Å². The quantitative estimate of drug-likeness (QED) is 0.477.